The lowest BCUT2D eigenvalue weighted by molar-refractivity contribution is -0.127. The maximum atomic E-state index is 12.3. The average molecular weight is 345 g/mol. The molecule has 0 atom stereocenters. The van der Waals surface area contributed by atoms with E-state index in [1.807, 2.05) is 17.5 Å². The molecule has 3 rings (SSSR count). The van der Waals surface area contributed by atoms with Gasteiger partial charge in [-0.3, -0.25) is 19.3 Å². The summed E-state index contributed by atoms with van der Waals surface area (Å²) in [7, 11) is 0. The van der Waals surface area contributed by atoms with E-state index in [0.29, 0.717) is 10.7 Å². The Morgan fingerprint density at radius 2 is 2.13 bits per heavy atom. The number of rotatable bonds is 4. The lowest BCUT2D eigenvalue weighted by atomic mass is 10.3. The number of thiophene rings is 1. The van der Waals surface area contributed by atoms with Gasteiger partial charge in [-0.25, -0.2) is 4.98 Å². The Hall–Kier alpha value is -2.45. The van der Waals surface area contributed by atoms with Crippen molar-refractivity contribution >= 4 is 52.0 Å². The van der Waals surface area contributed by atoms with Crippen molar-refractivity contribution in [3.05, 3.63) is 51.7 Å². The van der Waals surface area contributed by atoms with E-state index in [-0.39, 0.29) is 6.54 Å². The van der Waals surface area contributed by atoms with Gasteiger partial charge < -0.3 is 5.32 Å². The predicted octanol–water partition coefficient (Wildman–Crippen LogP) is 2.82. The highest BCUT2D eigenvalue weighted by Crippen LogP contribution is 2.32. The van der Waals surface area contributed by atoms with Crippen molar-refractivity contribution < 1.29 is 14.4 Å². The quantitative estimate of drug-likeness (QED) is 0.862. The third-order valence-corrected chi connectivity index (χ3v) is 4.65. The zero-order valence-corrected chi connectivity index (χ0v) is 13.4. The first kappa shape index (κ1) is 15.4. The number of imide groups is 1. The first-order valence-corrected chi connectivity index (χ1v) is 8.33. The normalized spacial score (nSPS) is 16.2. The monoisotopic (exact) mass is 345 g/mol. The number of thioether (sulfide) groups is 1. The van der Waals surface area contributed by atoms with E-state index in [1.54, 1.807) is 30.5 Å². The molecule has 3 heterocycles. The van der Waals surface area contributed by atoms with Crippen LogP contribution in [0.15, 0.2) is 46.8 Å². The summed E-state index contributed by atoms with van der Waals surface area (Å²) in [6.45, 7) is -0.330. The Morgan fingerprint density at radius 3 is 2.83 bits per heavy atom. The fourth-order valence-electron chi connectivity index (χ4n) is 1.90. The molecule has 0 radical (unpaired) electrons. The number of aromatic nitrogens is 1. The molecule has 8 heteroatoms. The first-order chi connectivity index (χ1) is 11.1. The Morgan fingerprint density at radius 1 is 1.26 bits per heavy atom. The Kier molecular flexibility index (Phi) is 4.54. The van der Waals surface area contributed by atoms with Crippen molar-refractivity contribution in [3.8, 4) is 0 Å². The molecular weight excluding hydrogens is 334 g/mol. The smallest absolute Gasteiger partial charge is 0.294 e. The largest absolute Gasteiger partial charge is 0.309 e. The molecule has 2 aromatic heterocycles. The van der Waals surface area contributed by atoms with Crippen LogP contribution in [-0.2, 0) is 9.59 Å². The molecule has 116 valence electrons. The van der Waals surface area contributed by atoms with Gasteiger partial charge in [-0.05, 0) is 41.4 Å². The Balaban J connectivity index is 1.67. The highest BCUT2D eigenvalue weighted by Gasteiger charge is 2.36. The fourth-order valence-corrected chi connectivity index (χ4v) is 3.46. The molecule has 0 bridgehead atoms. The van der Waals surface area contributed by atoms with Gasteiger partial charge in [0.2, 0.25) is 5.91 Å². The van der Waals surface area contributed by atoms with Gasteiger partial charge in [0.05, 0.1) is 4.91 Å². The molecule has 6 nitrogen and oxygen atoms in total. The third-order valence-electron chi connectivity index (χ3n) is 2.92. The van der Waals surface area contributed by atoms with Crippen molar-refractivity contribution in [2.24, 2.45) is 0 Å². The topological polar surface area (TPSA) is 79.4 Å². The fraction of sp³-hybridized carbons (Fsp3) is 0.0667. The van der Waals surface area contributed by atoms with Gasteiger partial charge >= 0.3 is 0 Å². The lowest BCUT2D eigenvalue weighted by Gasteiger charge is -2.11. The number of hydrogen-bond acceptors (Lipinski definition) is 6. The van der Waals surface area contributed by atoms with Crippen molar-refractivity contribution in [3.63, 3.8) is 0 Å². The molecule has 0 aromatic carbocycles. The number of carbonyl (C=O) groups excluding carboxylic acids is 3. The number of amides is 3. The number of nitrogens with zero attached hydrogens (tertiary/aromatic N) is 2. The highest BCUT2D eigenvalue weighted by atomic mass is 32.2. The number of hydrogen-bond donors (Lipinski definition) is 1. The molecule has 0 saturated carbocycles. The van der Waals surface area contributed by atoms with Gasteiger partial charge in [0.25, 0.3) is 11.1 Å². The summed E-state index contributed by atoms with van der Waals surface area (Å²) >= 11 is 2.31. The molecule has 1 aliphatic rings. The van der Waals surface area contributed by atoms with E-state index in [9.17, 15) is 14.4 Å². The van der Waals surface area contributed by atoms with Crippen molar-refractivity contribution in [2.45, 2.75) is 0 Å². The van der Waals surface area contributed by atoms with Crippen molar-refractivity contribution in [2.75, 3.05) is 11.9 Å². The van der Waals surface area contributed by atoms with Gasteiger partial charge in [-0.2, -0.15) is 0 Å². The molecule has 23 heavy (non-hydrogen) atoms. The minimum Gasteiger partial charge on any atom is -0.309 e. The molecule has 1 saturated heterocycles. The maximum Gasteiger partial charge on any atom is 0.294 e. The second-order valence-electron chi connectivity index (χ2n) is 4.55. The van der Waals surface area contributed by atoms with Gasteiger partial charge in [0.15, 0.2) is 0 Å². The molecule has 2 aromatic rings. The highest BCUT2D eigenvalue weighted by molar-refractivity contribution is 8.18. The van der Waals surface area contributed by atoms with Gasteiger partial charge in [0, 0.05) is 11.1 Å². The van der Waals surface area contributed by atoms with Crippen LogP contribution in [0, 0.1) is 0 Å². The second kappa shape index (κ2) is 6.76. The first-order valence-electron chi connectivity index (χ1n) is 6.63. The molecule has 0 unspecified atom stereocenters. The number of pyridine rings is 1. The summed E-state index contributed by atoms with van der Waals surface area (Å²) in [6, 6.07) is 8.80. The second-order valence-corrected chi connectivity index (χ2v) is 6.52. The minimum atomic E-state index is -0.469. The molecule has 0 spiro atoms. The van der Waals surface area contributed by atoms with Crippen LogP contribution in [0.5, 0.6) is 0 Å². The average Bonchev–Trinajstić information content (AvgIpc) is 3.13. The van der Waals surface area contributed by atoms with Crippen LogP contribution in [0.4, 0.5) is 10.6 Å². The molecule has 1 N–H and O–H groups in total. The Bertz CT molecular complexity index is 773. The van der Waals surface area contributed by atoms with Gasteiger partial charge in [-0.15, -0.1) is 11.3 Å². The predicted molar refractivity (Wildman–Crippen MR) is 89.9 cm³/mol. The van der Waals surface area contributed by atoms with E-state index >= 15 is 0 Å². The van der Waals surface area contributed by atoms with Gasteiger partial charge in [0.1, 0.15) is 12.4 Å². The van der Waals surface area contributed by atoms with E-state index in [4.69, 9.17) is 0 Å². The summed E-state index contributed by atoms with van der Waals surface area (Å²) in [4.78, 5) is 42.3. The van der Waals surface area contributed by atoms with E-state index in [1.165, 1.54) is 11.3 Å². The van der Waals surface area contributed by atoms with Crippen molar-refractivity contribution in [1.82, 2.24) is 9.88 Å². The standard InChI is InChI=1S/C15H11N3O3S2/c19-13(17-12-5-1-2-6-16-12)9-18-14(20)11(23-15(18)21)8-10-4-3-7-22-10/h1-8H,9H2,(H,16,17,19)/b11-8+. The van der Waals surface area contributed by atoms with E-state index in [2.05, 4.69) is 10.3 Å². The Labute approximate surface area is 140 Å². The van der Waals surface area contributed by atoms with E-state index < -0.39 is 17.1 Å². The summed E-state index contributed by atoms with van der Waals surface area (Å²) in [6.07, 6.45) is 3.20. The maximum absolute atomic E-state index is 12.3. The van der Waals surface area contributed by atoms with Crippen LogP contribution >= 0.6 is 23.1 Å². The van der Waals surface area contributed by atoms with Crippen LogP contribution in [0.2, 0.25) is 0 Å². The third kappa shape index (κ3) is 3.66. The van der Waals surface area contributed by atoms with Crippen molar-refractivity contribution in [1.29, 1.82) is 0 Å². The number of nitrogens with one attached hydrogen (secondary N) is 1. The minimum absolute atomic E-state index is 0.322. The summed E-state index contributed by atoms with van der Waals surface area (Å²) in [5.41, 5.74) is 0. The number of anilines is 1. The SMILES string of the molecule is O=C(CN1C(=O)S/C(=C/c2cccs2)C1=O)Nc1ccccn1. The zero-order valence-electron chi connectivity index (χ0n) is 11.8. The van der Waals surface area contributed by atoms with Crippen LogP contribution in [0.25, 0.3) is 6.08 Å². The van der Waals surface area contributed by atoms with Crippen LogP contribution < -0.4 is 5.32 Å². The van der Waals surface area contributed by atoms with E-state index in [0.717, 1.165) is 21.5 Å². The van der Waals surface area contributed by atoms with Gasteiger partial charge in [-0.1, -0.05) is 12.1 Å². The zero-order chi connectivity index (χ0) is 16.2. The molecule has 3 amide bonds. The van der Waals surface area contributed by atoms with Crippen LogP contribution in [0.1, 0.15) is 4.88 Å². The molecule has 1 fully saturated rings. The lowest BCUT2D eigenvalue weighted by Crippen LogP contribution is -2.36. The molecular formula is C15H11N3O3S2. The number of carbonyl (C=O) groups is 3. The van der Waals surface area contributed by atoms with Crippen LogP contribution in [0.3, 0.4) is 0 Å². The summed E-state index contributed by atoms with van der Waals surface area (Å²) in [5.74, 6) is -0.549. The van der Waals surface area contributed by atoms with Crippen LogP contribution in [-0.4, -0.2) is 33.5 Å². The summed E-state index contributed by atoms with van der Waals surface area (Å²) in [5, 5.41) is 3.98. The molecule has 1 aliphatic heterocycles. The molecule has 0 aliphatic carbocycles. The summed E-state index contributed by atoms with van der Waals surface area (Å²) < 4.78 is 0.